The van der Waals surface area contributed by atoms with E-state index in [-0.39, 0.29) is 5.91 Å². The number of amides is 1. The summed E-state index contributed by atoms with van der Waals surface area (Å²) in [6, 6.07) is 11.1. The van der Waals surface area contributed by atoms with Gasteiger partial charge < -0.3 is 10.7 Å². The highest BCUT2D eigenvalue weighted by atomic mass is 79.9. The van der Waals surface area contributed by atoms with Crippen molar-refractivity contribution in [1.82, 2.24) is 5.32 Å². The highest BCUT2D eigenvalue weighted by Gasteiger charge is 2.10. The van der Waals surface area contributed by atoms with Crippen molar-refractivity contribution in [3.05, 3.63) is 50.6 Å². The summed E-state index contributed by atoms with van der Waals surface area (Å²) in [6.07, 6.45) is 0. The highest BCUT2D eigenvalue weighted by molar-refractivity contribution is 9.11. The Kier molecular flexibility index (Phi) is 4.35. The number of benzene rings is 1. The molecule has 2 rings (SSSR count). The first kappa shape index (κ1) is 13.1. The second-order valence-corrected chi connectivity index (χ2v) is 6.13. The molecular formula is C12H12BrN3OS. The minimum Gasteiger partial charge on any atom is -0.347 e. The summed E-state index contributed by atoms with van der Waals surface area (Å²) < 4.78 is 1.05. The fraction of sp³-hybridized carbons (Fsp3) is 0.0833. The van der Waals surface area contributed by atoms with Crippen LogP contribution in [0.5, 0.6) is 0 Å². The largest absolute Gasteiger partial charge is 0.347 e. The van der Waals surface area contributed by atoms with E-state index in [0.29, 0.717) is 17.8 Å². The van der Waals surface area contributed by atoms with E-state index < -0.39 is 0 Å². The number of nitrogen functional groups attached to an aromatic ring is 1. The molecule has 1 amide bonds. The van der Waals surface area contributed by atoms with Gasteiger partial charge >= 0.3 is 0 Å². The van der Waals surface area contributed by atoms with Crippen molar-refractivity contribution < 1.29 is 4.79 Å². The first-order valence-corrected chi connectivity index (χ1v) is 6.89. The smallest absolute Gasteiger partial charge is 0.253 e. The Hall–Kier alpha value is -1.37. The van der Waals surface area contributed by atoms with Crippen molar-refractivity contribution in [3.8, 4) is 0 Å². The van der Waals surface area contributed by atoms with Crippen LogP contribution < -0.4 is 16.6 Å². The van der Waals surface area contributed by atoms with Gasteiger partial charge in [0.2, 0.25) is 0 Å². The van der Waals surface area contributed by atoms with E-state index in [1.807, 2.05) is 18.2 Å². The lowest BCUT2D eigenvalue weighted by atomic mass is 10.1. The summed E-state index contributed by atoms with van der Waals surface area (Å²) in [4.78, 5) is 13.1. The van der Waals surface area contributed by atoms with Crippen LogP contribution in [0.4, 0.5) is 5.69 Å². The van der Waals surface area contributed by atoms with Gasteiger partial charge in [-0.1, -0.05) is 12.1 Å². The molecule has 0 aliphatic heterocycles. The molecule has 0 saturated carbocycles. The van der Waals surface area contributed by atoms with E-state index in [0.717, 1.165) is 8.66 Å². The molecule has 0 saturated heterocycles. The van der Waals surface area contributed by atoms with Crippen LogP contribution in [0.15, 0.2) is 40.2 Å². The van der Waals surface area contributed by atoms with Gasteiger partial charge in [-0.3, -0.25) is 10.6 Å². The minimum absolute atomic E-state index is 0.145. The van der Waals surface area contributed by atoms with Gasteiger partial charge in [0.05, 0.1) is 21.6 Å². The third-order valence-corrected chi connectivity index (χ3v) is 4.00. The molecule has 4 nitrogen and oxygen atoms in total. The average molecular weight is 326 g/mol. The van der Waals surface area contributed by atoms with Gasteiger partial charge in [-0.2, -0.15) is 0 Å². The lowest BCUT2D eigenvalue weighted by Crippen LogP contribution is -2.24. The zero-order valence-electron chi connectivity index (χ0n) is 9.44. The van der Waals surface area contributed by atoms with Crippen LogP contribution in [0.3, 0.4) is 0 Å². The van der Waals surface area contributed by atoms with Gasteiger partial charge in [0.1, 0.15) is 0 Å². The van der Waals surface area contributed by atoms with Crippen LogP contribution in [0, 0.1) is 0 Å². The van der Waals surface area contributed by atoms with E-state index >= 15 is 0 Å². The summed E-state index contributed by atoms with van der Waals surface area (Å²) in [7, 11) is 0. The number of carbonyl (C=O) groups excluding carboxylic acids is 1. The Labute approximate surface area is 117 Å². The van der Waals surface area contributed by atoms with Crippen LogP contribution in [0.1, 0.15) is 15.2 Å². The number of rotatable bonds is 4. The summed E-state index contributed by atoms with van der Waals surface area (Å²) >= 11 is 4.98. The molecule has 0 aliphatic rings. The molecule has 0 aliphatic carbocycles. The molecule has 1 heterocycles. The molecule has 0 atom stereocenters. The summed E-state index contributed by atoms with van der Waals surface area (Å²) in [6.45, 7) is 0.508. The van der Waals surface area contributed by atoms with Gasteiger partial charge in [0.25, 0.3) is 5.91 Å². The van der Waals surface area contributed by atoms with Crippen molar-refractivity contribution in [2.75, 3.05) is 5.43 Å². The van der Waals surface area contributed by atoms with Crippen molar-refractivity contribution in [2.45, 2.75) is 6.54 Å². The van der Waals surface area contributed by atoms with Gasteiger partial charge in [-0.05, 0) is 40.2 Å². The van der Waals surface area contributed by atoms with Crippen LogP contribution in [0.25, 0.3) is 0 Å². The van der Waals surface area contributed by atoms with E-state index in [4.69, 9.17) is 5.84 Å². The number of halogens is 1. The molecule has 0 spiro atoms. The number of hydrogen-bond acceptors (Lipinski definition) is 4. The molecule has 1 aromatic carbocycles. The third-order valence-electron chi connectivity index (χ3n) is 2.38. The molecule has 1 aromatic heterocycles. The molecule has 2 aromatic rings. The number of nitrogens with one attached hydrogen (secondary N) is 2. The van der Waals surface area contributed by atoms with Gasteiger partial charge in [-0.25, -0.2) is 0 Å². The molecule has 6 heteroatoms. The van der Waals surface area contributed by atoms with E-state index in [1.54, 1.807) is 29.5 Å². The Balaban J connectivity index is 2.03. The van der Waals surface area contributed by atoms with Gasteiger partial charge in [0, 0.05) is 4.88 Å². The maximum atomic E-state index is 12.0. The third kappa shape index (κ3) is 3.10. The van der Waals surface area contributed by atoms with Crippen LogP contribution >= 0.6 is 27.3 Å². The number of para-hydroxylation sites is 1. The lowest BCUT2D eigenvalue weighted by molar-refractivity contribution is 0.0952. The quantitative estimate of drug-likeness (QED) is 0.598. The second kappa shape index (κ2) is 5.99. The fourth-order valence-electron chi connectivity index (χ4n) is 1.52. The first-order chi connectivity index (χ1) is 8.70. The lowest BCUT2D eigenvalue weighted by Gasteiger charge is -2.08. The van der Waals surface area contributed by atoms with Crippen molar-refractivity contribution in [3.63, 3.8) is 0 Å². The Morgan fingerprint density at radius 2 is 2.06 bits per heavy atom. The molecule has 94 valence electrons. The number of anilines is 1. The Morgan fingerprint density at radius 3 is 2.72 bits per heavy atom. The van der Waals surface area contributed by atoms with Crippen molar-refractivity contribution in [1.29, 1.82) is 0 Å². The predicted molar refractivity (Wildman–Crippen MR) is 77.4 cm³/mol. The number of nitrogens with two attached hydrogens (primary N) is 1. The predicted octanol–water partition coefficient (Wildman–Crippen LogP) is 2.73. The Morgan fingerprint density at radius 1 is 1.28 bits per heavy atom. The summed E-state index contributed by atoms with van der Waals surface area (Å²) in [5, 5.41) is 2.86. The molecular weight excluding hydrogens is 314 g/mol. The van der Waals surface area contributed by atoms with E-state index in [9.17, 15) is 4.79 Å². The maximum absolute atomic E-state index is 12.0. The number of hydrogen-bond donors (Lipinski definition) is 3. The topological polar surface area (TPSA) is 67.1 Å². The van der Waals surface area contributed by atoms with E-state index in [1.165, 1.54) is 0 Å². The number of carbonyl (C=O) groups is 1. The molecule has 0 fully saturated rings. The van der Waals surface area contributed by atoms with Crippen molar-refractivity contribution in [2.24, 2.45) is 5.84 Å². The molecule has 4 N–H and O–H groups in total. The maximum Gasteiger partial charge on any atom is 0.253 e. The number of hydrazine groups is 1. The summed E-state index contributed by atoms with van der Waals surface area (Å²) in [5.74, 6) is 5.22. The monoisotopic (exact) mass is 325 g/mol. The normalized spacial score (nSPS) is 10.1. The second-order valence-electron chi connectivity index (χ2n) is 3.58. The SMILES string of the molecule is NNc1ccccc1C(=O)NCc1ccc(Br)s1. The van der Waals surface area contributed by atoms with Crippen LogP contribution in [-0.4, -0.2) is 5.91 Å². The number of thiophene rings is 1. The van der Waals surface area contributed by atoms with Gasteiger partial charge in [-0.15, -0.1) is 11.3 Å². The van der Waals surface area contributed by atoms with Crippen LogP contribution in [0.2, 0.25) is 0 Å². The molecule has 0 radical (unpaired) electrons. The molecule has 18 heavy (non-hydrogen) atoms. The van der Waals surface area contributed by atoms with Crippen LogP contribution in [-0.2, 0) is 6.54 Å². The molecule has 0 unspecified atom stereocenters. The zero-order chi connectivity index (χ0) is 13.0. The standard InChI is InChI=1S/C12H12BrN3OS/c13-11-6-5-8(18-11)7-15-12(17)9-3-1-2-4-10(9)16-14/h1-6,16H,7,14H2,(H,15,17). The minimum atomic E-state index is -0.145. The van der Waals surface area contributed by atoms with Crippen molar-refractivity contribution >= 4 is 38.9 Å². The van der Waals surface area contributed by atoms with E-state index in [2.05, 4.69) is 26.7 Å². The summed E-state index contributed by atoms with van der Waals surface area (Å²) in [5.41, 5.74) is 3.66. The highest BCUT2D eigenvalue weighted by Crippen LogP contribution is 2.22. The average Bonchev–Trinajstić information content (AvgIpc) is 2.81. The fourth-order valence-corrected chi connectivity index (χ4v) is 2.94. The Bertz CT molecular complexity index is 556. The van der Waals surface area contributed by atoms with Gasteiger partial charge in [0.15, 0.2) is 0 Å². The zero-order valence-corrected chi connectivity index (χ0v) is 11.8. The molecule has 0 bridgehead atoms. The first-order valence-electron chi connectivity index (χ1n) is 5.29.